The van der Waals surface area contributed by atoms with Crippen LogP contribution in [0, 0.1) is 0 Å². The van der Waals surface area contributed by atoms with Gasteiger partial charge in [-0.2, -0.15) is 0 Å². The number of pyridine rings is 1. The average molecular weight is 556 g/mol. The van der Waals surface area contributed by atoms with Gasteiger partial charge < -0.3 is 29.7 Å². The minimum atomic E-state index is -0.289. The van der Waals surface area contributed by atoms with E-state index in [0.717, 1.165) is 36.8 Å². The van der Waals surface area contributed by atoms with Gasteiger partial charge >= 0.3 is 12.1 Å². The number of rotatable bonds is 5. The highest BCUT2D eigenvalue weighted by molar-refractivity contribution is 7.09. The van der Waals surface area contributed by atoms with Crippen LogP contribution in [0.5, 0.6) is 0 Å². The Morgan fingerprint density at radius 1 is 0.949 bits per heavy atom. The predicted octanol–water partition coefficient (Wildman–Crippen LogP) is 3.01. The number of carbonyl (C=O) groups is 3. The van der Waals surface area contributed by atoms with Gasteiger partial charge in [0.2, 0.25) is 0 Å². The Bertz CT molecular complexity index is 1120. The molecule has 5 rings (SSSR count). The Morgan fingerprint density at radius 2 is 1.64 bits per heavy atom. The van der Waals surface area contributed by atoms with Crippen LogP contribution >= 0.6 is 11.3 Å². The maximum absolute atomic E-state index is 13.1. The first-order chi connectivity index (χ1) is 19.0. The minimum Gasteiger partial charge on any atom is -0.450 e. The summed E-state index contributed by atoms with van der Waals surface area (Å²) in [6, 6.07) is 6.04. The van der Waals surface area contributed by atoms with Crippen LogP contribution in [-0.2, 0) is 4.74 Å². The normalized spacial score (nSPS) is 19.2. The first kappa shape index (κ1) is 27.2. The van der Waals surface area contributed by atoms with Gasteiger partial charge in [0, 0.05) is 75.9 Å². The lowest BCUT2D eigenvalue weighted by molar-refractivity contribution is 0.0857. The van der Waals surface area contributed by atoms with E-state index in [1.54, 1.807) is 18.0 Å². The Balaban J connectivity index is 1.05. The van der Waals surface area contributed by atoms with Gasteiger partial charge in [0.05, 0.1) is 11.6 Å². The summed E-state index contributed by atoms with van der Waals surface area (Å²) >= 11 is 1.53. The number of nitrogens with zero attached hydrogens (tertiary/aromatic N) is 6. The molecule has 12 heteroatoms. The number of thiazole rings is 1. The number of hydrogen-bond donors (Lipinski definition) is 1. The zero-order valence-electron chi connectivity index (χ0n) is 22.5. The van der Waals surface area contributed by atoms with Crippen molar-refractivity contribution in [1.29, 1.82) is 0 Å². The first-order valence-corrected chi connectivity index (χ1v) is 14.8. The molecule has 4 amide bonds. The van der Waals surface area contributed by atoms with Crippen molar-refractivity contribution in [2.24, 2.45) is 0 Å². The second-order valence-electron chi connectivity index (χ2n) is 10.2. The zero-order chi connectivity index (χ0) is 27.2. The molecule has 3 fully saturated rings. The number of hydrogen-bond acceptors (Lipinski definition) is 8. The number of urea groups is 1. The second kappa shape index (κ2) is 12.6. The topological polar surface area (TPSA) is 111 Å². The smallest absolute Gasteiger partial charge is 0.409 e. The lowest BCUT2D eigenvalue weighted by atomic mass is 9.98. The summed E-state index contributed by atoms with van der Waals surface area (Å²) in [6.07, 6.45) is 4.61. The monoisotopic (exact) mass is 555 g/mol. The summed E-state index contributed by atoms with van der Waals surface area (Å²) in [6.45, 7) is 7.66. The van der Waals surface area contributed by atoms with Crippen LogP contribution in [0.1, 0.15) is 54.0 Å². The van der Waals surface area contributed by atoms with E-state index in [9.17, 15) is 14.4 Å². The summed E-state index contributed by atoms with van der Waals surface area (Å²) in [5.74, 6) is 1.06. The van der Waals surface area contributed by atoms with E-state index in [2.05, 4.69) is 20.2 Å². The number of piperidine rings is 2. The number of aromatic nitrogens is 2. The zero-order valence-corrected chi connectivity index (χ0v) is 23.3. The number of piperazine rings is 1. The maximum Gasteiger partial charge on any atom is 0.409 e. The Labute approximate surface area is 233 Å². The van der Waals surface area contributed by atoms with Crippen molar-refractivity contribution in [1.82, 2.24) is 30.0 Å². The molecule has 0 saturated carbocycles. The molecule has 0 bridgehead atoms. The Hall–Kier alpha value is -3.41. The first-order valence-electron chi connectivity index (χ1n) is 13.9. The summed E-state index contributed by atoms with van der Waals surface area (Å²) in [5, 5.41) is 5.87. The maximum atomic E-state index is 13.1. The highest BCUT2D eigenvalue weighted by Crippen LogP contribution is 2.31. The Morgan fingerprint density at radius 3 is 2.31 bits per heavy atom. The lowest BCUT2D eigenvalue weighted by Crippen LogP contribution is -2.54. The molecule has 11 nitrogen and oxygen atoms in total. The van der Waals surface area contributed by atoms with E-state index >= 15 is 0 Å². The Kier molecular flexibility index (Phi) is 8.80. The molecule has 210 valence electrons. The molecule has 1 N–H and O–H groups in total. The van der Waals surface area contributed by atoms with Gasteiger partial charge in [0.15, 0.2) is 0 Å². The van der Waals surface area contributed by atoms with Crippen molar-refractivity contribution in [2.45, 2.75) is 44.6 Å². The third-order valence-electron chi connectivity index (χ3n) is 7.75. The average Bonchev–Trinajstić information content (AvgIpc) is 3.49. The second-order valence-corrected chi connectivity index (χ2v) is 11.1. The molecule has 0 unspecified atom stereocenters. The number of ether oxygens (including phenoxy) is 1. The molecule has 3 aliphatic heterocycles. The summed E-state index contributed by atoms with van der Waals surface area (Å²) in [4.78, 5) is 54.7. The van der Waals surface area contributed by atoms with Crippen molar-refractivity contribution in [3.05, 3.63) is 40.5 Å². The van der Waals surface area contributed by atoms with Crippen LogP contribution in [0.3, 0.4) is 0 Å². The van der Waals surface area contributed by atoms with E-state index in [-0.39, 0.29) is 30.0 Å². The van der Waals surface area contributed by atoms with Crippen LogP contribution in [0.25, 0.3) is 0 Å². The van der Waals surface area contributed by atoms with E-state index < -0.39 is 0 Å². The van der Waals surface area contributed by atoms with Gasteiger partial charge in [-0.3, -0.25) is 4.79 Å². The molecule has 2 aromatic heterocycles. The van der Waals surface area contributed by atoms with E-state index in [4.69, 9.17) is 4.74 Å². The molecule has 3 saturated heterocycles. The number of amides is 4. The quantitative estimate of drug-likeness (QED) is 0.604. The van der Waals surface area contributed by atoms with Crippen molar-refractivity contribution in [3.8, 4) is 0 Å². The van der Waals surface area contributed by atoms with Crippen molar-refractivity contribution in [3.63, 3.8) is 0 Å². The van der Waals surface area contributed by atoms with Gasteiger partial charge in [-0.25, -0.2) is 19.6 Å². The lowest BCUT2D eigenvalue weighted by Gasteiger charge is -2.39. The van der Waals surface area contributed by atoms with E-state index in [1.807, 2.05) is 33.4 Å². The number of nitrogens with one attached hydrogen (secondary N) is 1. The fraction of sp³-hybridized carbons (Fsp3) is 0.593. The molecule has 0 aliphatic carbocycles. The minimum absolute atomic E-state index is 0.0217. The molecule has 2 aromatic rings. The summed E-state index contributed by atoms with van der Waals surface area (Å²) in [5.41, 5.74) is 0.451. The van der Waals surface area contributed by atoms with E-state index in [0.29, 0.717) is 64.4 Å². The fourth-order valence-electron chi connectivity index (χ4n) is 5.45. The van der Waals surface area contributed by atoms with Crippen LogP contribution in [-0.4, -0.2) is 108 Å². The predicted molar refractivity (Wildman–Crippen MR) is 148 cm³/mol. The molecule has 0 aromatic carbocycles. The van der Waals surface area contributed by atoms with Crippen molar-refractivity contribution < 1.29 is 19.1 Å². The molecule has 0 radical (unpaired) electrons. The van der Waals surface area contributed by atoms with Gasteiger partial charge in [-0.05, 0) is 44.7 Å². The third kappa shape index (κ3) is 6.60. The molecule has 39 heavy (non-hydrogen) atoms. The summed E-state index contributed by atoms with van der Waals surface area (Å²) in [7, 11) is 0. The molecule has 0 atom stereocenters. The van der Waals surface area contributed by atoms with Gasteiger partial charge in [0.25, 0.3) is 5.91 Å². The van der Waals surface area contributed by atoms with Gasteiger partial charge in [0.1, 0.15) is 11.5 Å². The van der Waals surface area contributed by atoms with Crippen molar-refractivity contribution >= 4 is 35.2 Å². The largest absolute Gasteiger partial charge is 0.450 e. The van der Waals surface area contributed by atoms with Gasteiger partial charge in [-0.1, -0.05) is 6.07 Å². The number of likely N-dealkylation sites (tertiary alicyclic amines) is 2. The van der Waals surface area contributed by atoms with Crippen LogP contribution in [0.15, 0.2) is 29.8 Å². The molecule has 3 aliphatic rings. The van der Waals surface area contributed by atoms with Crippen LogP contribution in [0.2, 0.25) is 0 Å². The van der Waals surface area contributed by atoms with Crippen LogP contribution in [0.4, 0.5) is 15.4 Å². The SMILES string of the molecule is CCOC(=O)N1CCC(NC(=O)c2csc(C3CCN(C(=O)N4CCN(c5ccccn5)CC4)CC3)n2)CC1. The van der Waals surface area contributed by atoms with E-state index in [1.165, 1.54) is 11.3 Å². The number of anilines is 1. The third-order valence-corrected chi connectivity index (χ3v) is 8.76. The summed E-state index contributed by atoms with van der Waals surface area (Å²) < 4.78 is 5.06. The fourth-order valence-corrected chi connectivity index (χ4v) is 6.42. The molecule has 5 heterocycles. The molecular weight excluding hydrogens is 518 g/mol. The standard InChI is InChI=1S/C27H37N7O4S/c1-2-38-27(37)34-13-8-21(9-14-34)29-24(35)22-19-39-25(30-22)20-6-11-32(12-7-20)26(36)33-17-15-31(16-18-33)23-5-3-4-10-28-23/h3-5,10,19-21H,2,6-9,11-18H2,1H3,(H,29,35). The molecule has 0 spiro atoms. The van der Waals surface area contributed by atoms with Crippen LogP contribution < -0.4 is 10.2 Å². The number of carbonyl (C=O) groups excluding carboxylic acids is 3. The van der Waals surface area contributed by atoms with Gasteiger partial charge in [-0.15, -0.1) is 11.3 Å². The molecular formula is C27H37N7O4S. The highest BCUT2D eigenvalue weighted by Gasteiger charge is 2.31. The van der Waals surface area contributed by atoms with Crippen molar-refractivity contribution in [2.75, 3.05) is 63.9 Å². The highest BCUT2D eigenvalue weighted by atomic mass is 32.1.